The number of benzene rings is 4. The highest BCUT2D eigenvalue weighted by atomic mass is 32.2. The smallest absolute Gasteiger partial charge is 0.356 e. The summed E-state index contributed by atoms with van der Waals surface area (Å²) in [5.74, 6) is -0.252. The summed E-state index contributed by atoms with van der Waals surface area (Å²) in [6, 6.07) is 13.8. The van der Waals surface area contributed by atoms with Crippen molar-refractivity contribution in [1.82, 2.24) is 0 Å². The van der Waals surface area contributed by atoms with Gasteiger partial charge in [-0.1, -0.05) is 12.1 Å². The van der Waals surface area contributed by atoms with Gasteiger partial charge in [-0.2, -0.15) is 13.5 Å². The van der Waals surface area contributed by atoms with Crippen molar-refractivity contribution in [2.24, 2.45) is 20.5 Å². The van der Waals surface area contributed by atoms with Gasteiger partial charge in [0.25, 0.3) is 10.1 Å². The van der Waals surface area contributed by atoms with E-state index in [1.807, 2.05) is 0 Å². The maximum atomic E-state index is 12.2. The topological polar surface area (TPSA) is 226 Å². The fourth-order valence-corrected chi connectivity index (χ4v) is 5.08. The molecule has 0 aromatic heterocycles. The fourth-order valence-electron chi connectivity index (χ4n) is 3.84. The molecule has 42 heavy (non-hydrogen) atoms. The molecule has 0 bridgehead atoms. The first-order chi connectivity index (χ1) is 19.8. The maximum absolute atomic E-state index is 12.2. The lowest BCUT2D eigenvalue weighted by atomic mass is 10.1. The Morgan fingerprint density at radius 3 is 2.05 bits per heavy atom. The molecular weight excluding hydrogens is 589 g/mol. The van der Waals surface area contributed by atoms with Crippen LogP contribution >= 0.6 is 7.60 Å². The Bertz CT molecular complexity index is 1870. The molecule has 0 aliphatic carbocycles. The summed E-state index contributed by atoms with van der Waals surface area (Å²) in [6.07, 6.45) is 0. The Labute approximate surface area is 240 Å². The molecule has 220 valence electrons. The number of nitrogen functional groups attached to an aromatic ring is 1. The summed E-state index contributed by atoms with van der Waals surface area (Å²) in [4.78, 5) is 18.2. The predicted molar refractivity (Wildman–Crippen MR) is 155 cm³/mol. The highest BCUT2D eigenvalue weighted by molar-refractivity contribution is 7.86. The highest BCUT2D eigenvalue weighted by Crippen LogP contribution is 2.45. The number of phenolic OH excluding ortho intramolecular Hbond substituents is 1. The molecule has 14 nitrogen and oxygen atoms in total. The Morgan fingerprint density at radius 1 is 0.857 bits per heavy atom. The maximum Gasteiger partial charge on any atom is 0.356 e. The van der Waals surface area contributed by atoms with Crippen molar-refractivity contribution in [1.29, 1.82) is 0 Å². The lowest BCUT2D eigenvalue weighted by molar-refractivity contribution is 0.332. The van der Waals surface area contributed by atoms with Crippen LogP contribution in [0.2, 0.25) is 0 Å². The van der Waals surface area contributed by atoms with Crippen LogP contribution in [0.4, 0.5) is 28.4 Å². The van der Waals surface area contributed by atoms with E-state index in [2.05, 4.69) is 20.5 Å². The molecule has 4 aromatic rings. The summed E-state index contributed by atoms with van der Waals surface area (Å²) < 4.78 is 57.1. The number of nitrogens with zero attached hydrogens (tertiary/aromatic N) is 4. The van der Waals surface area contributed by atoms with E-state index in [0.717, 1.165) is 6.07 Å². The van der Waals surface area contributed by atoms with E-state index < -0.39 is 34.0 Å². The van der Waals surface area contributed by atoms with Gasteiger partial charge in [-0.3, -0.25) is 9.12 Å². The zero-order valence-electron chi connectivity index (χ0n) is 22.2. The van der Waals surface area contributed by atoms with E-state index in [1.54, 1.807) is 13.8 Å². The number of anilines is 1. The molecule has 0 fully saturated rings. The first-order valence-corrected chi connectivity index (χ1v) is 15.3. The van der Waals surface area contributed by atoms with Gasteiger partial charge in [-0.15, -0.1) is 15.3 Å². The van der Waals surface area contributed by atoms with Gasteiger partial charge >= 0.3 is 7.60 Å². The number of nitrogens with two attached hydrogens (primary N) is 1. The van der Waals surface area contributed by atoms with Gasteiger partial charge in [-0.05, 0) is 55.6 Å². The molecule has 0 spiro atoms. The van der Waals surface area contributed by atoms with Crippen LogP contribution < -0.4 is 20.5 Å². The van der Waals surface area contributed by atoms with Crippen molar-refractivity contribution >= 4 is 62.2 Å². The van der Waals surface area contributed by atoms with Gasteiger partial charge in [0.15, 0.2) is 5.75 Å². The molecule has 0 aliphatic rings. The van der Waals surface area contributed by atoms with E-state index in [1.165, 1.54) is 54.6 Å². The third kappa shape index (κ3) is 6.90. The molecular formula is C26H26N5O9PS. The van der Waals surface area contributed by atoms with Gasteiger partial charge in [0, 0.05) is 23.2 Å². The third-order valence-electron chi connectivity index (χ3n) is 5.69. The number of ether oxygens (including phenoxy) is 2. The minimum atomic E-state index is -4.83. The first-order valence-electron chi connectivity index (χ1n) is 12.3. The molecule has 0 saturated heterocycles. The Morgan fingerprint density at radius 2 is 1.48 bits per heavy atom. The lowest BCUT2D eigenvalue weighted by Crippen LogP contribution is -2.01. The second-order valence-electron chi connectivity index (χ2n) is 8.65. The average Bonchev–Trinajstić information content (AvgIpc) is 2.92. The zero-order valence-corrected chi connectivity index (χ0v) is 24.0. The molecule has 4 aromatic carbocycles. The normalized spacial score (nSPS) is 12.4. The fraction of sp³-hybridized carbons (Fsp3) is 0.154. The van der Waals surface area contributed by atoms with E-state index in [4.69, 9.17) is 15.2 Å². The minimum absolute atomic E-state index is 0.0658. The van der Waals surface area contributed by atoms with Gasteiger partial charge < -0.3 is 30.1 Å². The standard InChI is InChI=1S/C26H26N5O9PS/c1-3-39-22-14-21(23(40-4-2)13-20(22)29-28-17-6-5-7-18(12-17)41(33,34)35)30-31-25-24(42(36,37)38)10-15-8-9-16(27)11-19(15)26(25)32/h5-14,32H,3-4,27H2,1-2H3,(H2,33,34,35)(H,36,37,38). The van der Waals surface area contributed by atoms with Gasteiger partial charge in [-0.25, -0.2) is 0 Å². The summed E-state index contributed by atoms with van der Waals surface area (Å²) in [5, 5.41) is 27.4. The molecule has 0 atom stereocenters. The second-order valence-corrected chi connectivity index (χ2v) is 11.6. The number of rotatable bonds is 10. The van der Waals surface area contributed by atoms with E-state index in [0.29, 0.717) is 11.1 Å². The van der Waals surface area contributed by atoms with Crippen molar-refractivity contribution in [3.8, 4) is 17.2 Å². The largest absolute Gasteiger partial charge is 0.505 e. The number of fused-ring (bicyclic) bond motifs is 1. The average molecular weight is 616 g/mol. The van der Waals surface area contributed by atoms with Crippen LogP contribution in [-0.4, -0.2) is 41.1 Å². The van der Waals surface area contributed by atoms with Crippen LogP contribution in [-0.2, 0) is 14.7 Å². The second kappa shape index (κ2) is 12.2. The van der Waals surface area contributed by atoms with Crippen LogP contribution in [0.1, 0.15) is 13.8 Å². The lowest BCUT2D eigenvalue weighted by Gasteiger charge is -2.12. The van der Waals surface area contributed by atoms with Crippen LogP contribution in [0.5, 0.6) is 17.2 Å². The molecule has 0 aliphatic heterocycles. The summed E-state index contributed by atoms with van der Waals surface area (Å²) in [5.41, 5.74) is 6.02. The van der Waals surface area contributed by atoms with E-state index >= 15 is 0 Å². The molecule has 0 amide bonds. The number of phenols is 1. The van der Waals surface area contributed by atoms with Crippen LogP contribution in [0.3, 0.4) is 0 Å². The summed E-state index contributed by atoms with van der Waals surface area (Å²) >= 11 is 0. The number of aromatic hydroxyl groups is 1. The van der Waals surface area contributed by atoms with Crippen LogP contribution in [0.15, 0.2) is 86.0 Å². The van der Waals surface area contributed by atoms with Gasteiger partial charge in [0.1, 0.15) is 33.5 Å². The molecule has 4 rings (SSSR count). The van der Waals surface area contributed by atoms with E-state index in [-0.39, 0.29) is 52.5 Å². The van der Waals surface area contributed by atoms with Crippen LogP contribution in [0, 0.1) is 0 Å². The zero-order chi connectivity index (χ0) is 30.7. The SMILES string of the molecule is CCOc1cc(N=Nc2c(S(=O)(=O)O)cc3ccc(N)cc3c2O)c(OCC)cc1N=Nc1cccc(P(=O)(O)O)c1. The molecule has 0 heterocycles. The van der Waals surface area contributed by atoms with Crippen molar-refractivity contribution in [2.45, 2.75) is 18.7 Å². The predicted octanol–water partition coefficient (Wildman–Crippen LogP) is 5.81. The first kappa shape index (κ1) is 30.6. The van der Waals surface area contributed by atoms with Crippen molar-refractivity contribution in [3.05, 3.63) is 60.7 Å². The quantitative estimate of drug-likeness (QED) is 0.0623. The number of hydrogen-bond acceptors (Lipinski definition) is 11. The number of azo groups is 2. The Hall–Kier alpha value is -4.40. The highest BCUT2D eigenvalue weighted by Gasteiger charge is 2.23. The minimum Gasteiger partial charge on any atom is -0.505 e. The summed E-state index contributed by atoms with van der Waals surface area (Å²) in [7, 11) is -9.33. The summed E-state index contributed by atoms with van der Waals surface area (Å²) in [6.45, 7) is 3.83. The third-order valence-corrected chi connectivity index (χ3v) is 7.51. The van der Waals surface area contributed by atoms with Crippen molar-refractivity contribution in [3.63, 3.8) is 0 Å². The van der Waals surface area contributed by atoms with E-state index in [9.17, 15) is 32.4 Å². The van der Waals surface area contributed by atoms with Crippen molar-refractivity contribution in [2.75, 3.05) is 18.9 Å². The van der Waals surface area contributed by atoms with Crippen molar-refractivity contribution < 1.29 is 41.9 Å². The molecule has 0 saturated carbocycles. The molecule has 6 N–H and O–H groups in total. The van der Waals surface area contributed by atoms with Gasteiger partial charge in [0.05, 0.1) is 24.2 Å². The van der Waals surface area contributed by atoms with Crippen LogP contribution in [0.25, 0.3) is 10.8 Å². The Kier molecular flexibility index (Phi) is 8.89. The number of hydrogen-bond donors (Lipinski definition) is 5. The monoisotopic (exact) mass is 615 g/mol. The molecule has 0 unspecified atom stereocenters. The molecule has 16 heteroatoms. The molecule has 0 radical (unpaired) electrons. The van der Waals surface area contributed by atoms with Gasteiger partial charge in [0.2, 0.25) is 0 Å². The Balaban J connectivity index is 1.83.